The number of phenols is 1. The van der Waals surface area contributed by atoms with E-state index in [1.54, 1.807) is 20.2 Å². The molecular formula is C20H27FIN3O3. The van der Waals surface area contributed by atoms with Gasteiger partial charge in [0.1, 0.15) is 12.4 Å². The molecule has 0 saturated carbocycles. The Labute approximate surface area is 182 Å². The van der Waals surface area contributed by atoms with Crippen LogP contribution in [0.2, 0.25) is 0 Å². The van der Waals surface area contributed by atoms with E-state index in [1.165, 1.54) is 12.1 Å². The van der Waals surface area contributed by atoms with Gasteiger partial charge in [0.15, 0.2) is 17.5 Å². The minimum atomic E-state index is -0.644. The summed E-state index contributed by atoms with van der Waals surface area (Å²) in [6, 6.07) is 10.3. The summed E-state index contributed by atoms with van der Waals surface area (Å²) in [4.78, 5) is 4.17. The number of halogens is 2. The predicted octanol–water partition coefficient (Wildman–Crippen LogP) is 3.35. The van der Waals surface area contributed by atoms with Crippen LogP contribution in [0, 0.1) is 12.7 Å². The Bertz CT molecular complexity index is 787. The van der Waals surface area contributed by atoms with Gasteiger partial charge in [0, 0.05) is 32.8 Å². The number of aromatic hydroxyl groups is 1. The Morgan fingerprint density at radius 1 is 1.11 bits per heavy atom. The van der Waals surface area contributed by atoms with Crippen molar-refractivity contribution in [3.05, 3.63) is 58.9 Å². The molecule has 0 atom stereocenters. The summed E-state index contributed by atoms with van der Waals surface area (Å²) >= 11 is 0. The first-order chi connectivity index (χ1) is 13.0. The molecule has 6 nitrogen and oxygen atoms in total. The molecule has 3 N–H and O–H groups in total. The van der Waals surface area contributed by atoms with Gasteiger partial charge in [-0.25, -0.2) is 4.39 Å². The lowest BCUT2D eigenvalue weighted by atomic mass is 10.1. The molecule has 0 bridgehead atoms. The molecule has 0 aliphatic rings. The normalized spacial score (nSPS) is 10.9. The molecule has 0 amide bonds. The number of benzene rings is 2. The molecule has 0 radical (unpaired) electrons. The molecule has 0 aromatic heterocycles. The fraction of sp³-hybridized carbons (Fsp3) is 0.350. The summed E-state index contributed by atoms with van der Waals surface area (Å²) in [5.74, 6) is 0.374. The lowest BCUT2D eigenvalue weighted by molar-refractivity contribution is 0.145. The number of phenolic OH excluding ortho intramolecular Hbond substituents is 1. The molecule has 8 heteroatoms. The molecule has 0 aliphatic carbocycles. The average Bonchev–Trinajstić information content (AvgIpc) is 2.66. The number of guanidine groups is 1. The second kappa shape index (κ2) is 12.4. The van der Waals surface area contributed by atoms with Crippen molar-refractivity contribution < 1.29 is 19.0 Å². The number of nitrogens with one attached hydrogen (secondary N) is 2. The van der Waals surface area contributed by atoms with Crippen LogP contribution in [0.4, 0.5) is 4.39 Å². The second-order valence-corrected chi connectivity index (χ2v) is 6.02. The number of rotatable bonds is 8. The van der Waals surface area contributed by atoms with Crippen molar-refractivity contribution in [3.63, 3.8) is 0 Å². The summed E-state index contributed by atoms with van der Waals surface area (Å²) in [5.41, 5.74) is 2.81. The number of hydrogen-bond acceptors (Lipinski definition) is 4. The van der Waals surface area contributed by atoms with Crippen LogP contribution in [0.25, 0.3) is 0 Å². The van der Waals surface area contributed by atoms with Crippen molar-refractivity contribution in [1.82, 2.24) is 10.6 Å². The lowest BCUT2D eigenvalue weighted by Gasteiger charge is -2.15. The van der Waals surface area contributed by atoms with Gasteiger partial charge in [0.05, 0.1) is 6.61 Å². The summed E-state index contributed by atoms with van der Waals surface area (Å²) in [6.07, 6.45) is 0. The monoisotopic (exact) mass is 503 g/mol. The van der Waals surface area contributed by atoms with E-state index in [0.29, 0.717) is 37.8 Å². The van der Waals surface area contributed by atoms with Crippen molar-refractivity contribution in [1.29, 1.82) is 0 Å². The summed E-state index contributed by atoms with van der Waals surface area (Å²) in [5, 5.41) is 15.6. The van der Waals surface area contributed by atoms with Gasteiger partial charge in [0.2, 0.25) is 0 Å². The summed E-state index contributed by atoms with van der Waals surface area (Å²) in [6.45, 7) is 3.91. The maximum absolute atomic E-state index is 13.4. The molecule has 0 saturated heterocycles. The van der Waals surface area contributed by atoms with Crippen molar-refractivity contribution in [2.45, 2.75) is 20.0 Å². The van der Waals surface area contributed by atoms with Crippen molar-refractivity contribution >= 4 is 29.9 Å². The van der Waals surface area contributed by atoms with Crippen LogP contribution in [0.1, 0.15) is 16.7 Å². The van der Waals surface area contributed by atoms with E-state index in [-0.39, 0.29) is 29.7 Å². The van der Waals surface area contributed by atoms with Gasteiger partial charge in [-0.15, -0.1) is 24.0 Å². The molecule has 0 aliphatic heterocycles. The van der Waals surface area contributed by atoms with Crippen molar-refractivity contribution in [3.8, 4) is 11.5 Å². The van der Waals surface area contributed by atoms with Gasteiger partial charge >= 0.3 is 0 Å². The fourth-order valence-corrected chi connectivity index (χ4v) is 2.42. The molecular weight excluding hydrogens is 476 g/mol. The van der Waals surface area contributed by atoms with Gasteiger partial charge in [-0.05, 0) is 36.2 Å². The number of hydrogen-bond donors (Lipinski definition) is 3. The Balaban J connectivity index is 0.00000392. The Morgan fingerprint density at radius 3 is 2.54 bits per heavy atom. The first kappa shape index (κ1) is 24.0. The van der Waals surface area contributed by atoms with Crippen LogP contribution in [-0.2, 0) is 17.8 Å². The van der Waals surface area contributed by atoms with Gasteiger partial charge in [-0.1, -0.05) is 18.2 Å². The van der Waals surface area contributed by atoms with Gasteiger partial charge in [-0.2, -0.15) is 0 Å². The maximum Gasteiger partial charge on any atom is 0.191 e. The number of methoxy groups -OCH3 is 1. The number of nitrogens with zero attached hydrogens (tertiary/aromatic N) is 1. The Hall–Kier alpha value is -2.07. The minimum Gasteiger partial charge on any atom is -0.505 e. The van der Waals surface area contributed by atoms with E-state index in [9.17, 15) is 9.50 Å². The van der Waals surface area contributed by atoms with Crippen LogP contribution in [0.15, 0.2) is 41.4 Å². The molecule has 2 aromatic carbocycles. The highest BCUT2D eigenvalue weighted by atomic mass is 127. The standard InChI is InChI=1S/C20H26FN3O3.HI/c1-14-4-6-16(19(10-14)27-9-8-26-3)13-24-20(22-2)23-12-15-5-7-18(25)17(21)11-15;/h4-7,10-11,25H,8-9,12-13H2,1-3H3,(H2,22,23,24);1H. The zero-order valence-electron chi connectivity index (χ0n) is 16.3. The van der Waals surface area contributed by atoms with Crippen molar-refractivity contribution in [2.24, 2.45) is 4.99 Å². The maximum atomic E-state index is 13.4. The van der Waals surface area contributed by atoms with Crippen LogP contribution >= 0.6 is 24.0 Å². The molecule has 0 spiro atoms. The zero-order valence-corrected chi connectivity index (χ0v) is 18.6. The highest BCUT2D eigenvalue weighted by Gasteiger charge is 2.07. The molecule has 154 valence electrons. The fourth-order valence-electron chi connectivity index (χ4n) is 2.42. The molecule has 0 heterocycles. The summed E-state index contributed by atoms with van der Waals surface area (Å²) < 4.78 is 24.2. The van der Waals surface area contributed by atoms with E-state index >= 15 is 0 Å². The Kier molecular flexibility index (Phi) is 10.6. The number of aliphatic imine (C=N–C) groups is 1. The highest BCUT2D eigenvalue weighted by Crippen LogP contribution is 2.20. The third-order valence-corrected chi connectivity index (χ3v) is 3.91. The third kappa shape index (κ3) is 7.51. The topological polar surface area (TPSA) is 75.1 Å². The Morgan fingerprint density at radius 2 is 1.86 bits per heavy atom. The minimum absolute atomic E-state index is 0. The molecule has 0 fully saturated rings. The van der Waals surface area contributed by atoms with E-state index in [0.717, 1.165) is 16.9 Å². The van der Waals surface area contributed by atoms with Crippen LogP contribution in [-0.4, -0.2) is 38.4 Å². The van der Waals surface area contributed by atoms with E-state index in [2.05, 4.69) is 15.6 Å². The second-order valence-electron chi connectivity index (χ2n) is 6.02. The van der Waals surface area contributed by atoms with E-state index in [4.69, 9.17) is 9.47 Å². The lowest BCUT2D eigenvalue weighted by Crippen LogP contribution is -2.36. The summed E-state index contributed by atoms with van der Waals surface area (Å²) in [7, 11) is 3.30. The highest BCUT2D eigenvalue weighted by molar-refractivity contribution is 14.0. The predicted molar refractivity (Wildman–Crippen MR) is 119 cm³/mol. The van der Waals surface area contributed by atoms with Crippen LogP contribution in [0.5, 0.6) is 11.5 Å². The van der Waals surface area contributed by atoms with E-state index in [1.807, 2.05) is 25.1 Å². The van der Waals surface area contributed by atoms with Crippen LogP contribution < -0.4 is 15.4 Å². The quantitative estimate of drug-likeness (QED) is 0.223. The molecule has 2 rings (SSSR count). The molecule has 28 heavy (non-hydrogen) atoms. The first-order valence-electron chi connectivity index (χ1n) is 8.66. The largest absolute Gasteiger partial charge is 0.505 e. The smallest absolute Gasteiger partial charge is 0.191 e. The van der Waals surface area contributed by atoms with Crippen molar-refractivity contribution in [2.75, 3.05) is 27.4 Å². The number of aryl methyl sites for hydroxylation is 1. The first-order valence-corrected chi connectivity index (χ1v) is 8.66. The zero-order chi connectivity index (χ0) is 19.6. The van der Waals surface area contributed by atoms with Gasteiger partial charge in [0.25, 0.3) is 0 Å². The average molecular weight is 503 g/mol. The SMILES string of the molecule is CN=C(NCc1ccc(O)c(F)c1)NCc1ccc(C)cc1OCCOC.I. The van der Waals surface area contributed by atoms with Gasteiger partial charge in [-0.3, -0.25) is 4.99 Å². The third-order valence-electron chi connectivity index (χ3n) is 3.91. The van der Waals surface area contributed by atoms with Crippen LogP contribution in [0.3, 0.4) is 0 Å². The molecule has 0 unspecified atom stereocenters. The van der Waals surface area contributed by atoms with Gasteiger partial charge < -0.3 is 25.2 Å². The van der Waals surface area contributed by atoms with E-state index < -0.39 is 5.82 Å². The molecule has 2 aromatic rings. The number of ether oxygens (including phenoxy) is 2.